The number of aryl methyl sites for hydroxylation is 1. The van der Waals surface area contributed by atoms with Gasteiger partial charge in [-0.3, -0.25) is 14.4 Å². The van der Waals surface area contributed by atoms with Gasteiger partial charge in [0.05, 0.1) is 22.3 Å². The smallest absolute Gasteiger partial charge is 0.422 e. The van der Waals surface area contributed by atoms with Crippen molar-refractivity contribution in [3.8, 4) is 17.4 Å². The number of aromatic nitrogens is 2. The molecule has 1 N–H and O–H groups in total. The molecule has 0 bridgehead atoms. The summed E-state index contributed by atoms with van der Waals surface area (Å²) in [5, 5.41) is 0.869. The Morgan fingerprint density at radius 2 is 1.59 bits per heavy atom. The molecule has 0 atom stereocenters. The van der Waals surface area contributed by atoms with Crippen molar-refractivity contribution in [3.63, 3.8) is 0 Å². The van der Waals surface area contributed by atoms with Crippen LogP contribution in [0.3, 0.4) is 0 Å². The topological polar surface area (TPSA) is 106 Å². The van der Waals surface area contributed by atoms with Crippen LogP contribution in [0, 0.1) is 0 Å². The van der Waals surface area contributed by atoms with Gasteiger partial charge in [-0.15, -0.1) is 0 Å². The van der Waals surface area contributed by atoms with Crippen LogP contribution >= 0.6 is 0 Å². The van der Waals surface area contributed by atoms with Gasteiger partial charge in [0, 0.05) is 57.3 Å². The van der Waals surface area contributed by atoms with E-state index in [1.807, 2.05) is 48.6 Å². The summed E-state index contributed by atoms with van der Waals surface area (Å²) in [7, 11) is -1.96. The van der Waals surface area contributed by atoms with Crippen molar-refractivity contribution in [1.82, 2.24) is 19.4 Å². The van der Waals surface area contributed by atoms with Gasteiger partial charge in [-0.25, -0.2) is 13.4 Å². The lowest BCUT2D eigenvalue weighted by molar-refractivity contribution is -0.153. The van der Waals surface area contributed by atoms with E-state index in [-0.39, 0.29) is 22.4 Å². The molecule has 0 spiro atoms. The third-order valence-corrected chi connectivity index (χ3v) is 10.1. The Morgan fingerprint density at radius 3 is 2.22 bits per heavy atom. The summed E-state index contributed by atoms with van der Waals surface area (Å²) < 4.78 is 78.1. The molecule has 268 valence electrons. The summed E-state index contributed by atoms with van der Waals surface area (Å²) in [5.74, 6) is 1.14. The maximum absolute atomic E-state index is 13.6. The molecule has 6 rings (SSSR count). The number of piperazine rings is 1. The molecule has 3 aromatic carbocycles. The molecule has 5 aromatic rings. The molecule has 10 nitrogen and oxygen atoms in total. The van der Waals surface area contributed by atoms with Crippen molar-refractivity contribution < 1.29 is 35.9 Å². The van der Waals surface area contributed by atoms with E-state index in [2.05, 4.69) is 14.6 Å². The van der Waals surface area contributed by atoms with Crippen molar-refractivity contribution in [1.29, 1.82) is 0 Å². The summed E-state index contributed by atoms with van der Waals surface area (Å²) in [5.41, 5.74) is 3.63. The van der Waals surface area contributed by atoms with E-state index in [9.17, 15) is 26.4 Å². The second kappa shape index (κ2) is 14.6. The van der Waals surface area contributed by atoms with E-state index in [1.54, 1.807) is 54.6 Å². The van der Waals surface area contributed by atoms with Crippen molar-refractivity contribution in [2.24, 2.45) is 7.05 Å². The molecular weight excluding hydrogens is 683 g/mol. The fourth-order valence-electron chi connectivity index (χ4n) is 5.83. The molecule has 1 saturated heterocycles. The highest BCUT2D eigenvalue weighted by molar-refractivity contribution is 7.92. The van der Waals surface area contributed by atoms with E-state index in [1.165, 1.54) is 18.3 Å². The first-order chi connectivity index (χ1) is 24.2. The molecule has 1 aliphatic heterocycles. The van der Waals surface area contributed by atoms with Crippen LogP contribution in [-0.4, -0.2) is 72.6 Å². The Hall–Kier alpha value is -5.08. The number of amides is 1. The third kappa shape index (κ3) is 8.81. The second-order valence-electron chi connectivity index (χ2n) is 12.7. The summed E-state index contributed by atoms with van der Waals surface area (Å²) in [6.07, 6.45) is -3.00. The average Bonchev–Trinajstić information content (AvgIpc) is 3.43. The predicted octanol–water partition coefficient (Wildman–Crippen LogP) is 7.19. The van der Waals surface area contributed by atoms with E-state index < -0.39 is 22.8 Å². The number of nitrogens with one attached hydrogen (secondary N) is 1. The second-order valence-corrected chi connectivity index (χ2v) is 14.4. The SMILES string of the molecule is CC(C)c1ccc(S(=O)(=O)Nc2ccc(Oc3ccc4cc(C(=O)N5CCN(Cc6ccc(OCC(F)(F)F)cc6)CC5)n(C)c4c3)nc2)cc1. The zero-order chi connectivity index (χ0) is 36.3. The molecule has 2 aromatic heterocycles. The quantitative estimate of drug-likeness (QED) is 0.154. The lowest BCUT2D eigenvalue weighted by atomic mass is 10.0. The fourth-order valence-corrected chi connectivity index (χ4v) is 6.88. The molecule has 1 fully saturated rings. The third-order valence-electron chi connectivity index (χ3n) is 8.70. The van der Waals surface area contributed by atoms with Crippen LogP contribution in [0.15, 0.2) is 96.0 Å². The van der Waals surface area contributed by atoms with Gasteiger partial charge >= 0.3 is 6.18 Å². The van der Waals surface area contributed by atoms with Gasteiger partial charge in [-0.05, 0) is 65.6 Å². The predicted molar refractivity (Wildman–Crippen MR) is 188 cm³/mol. The van der Waals surface area contributed by atoms with Gasteiger partial charge in [0.15, 0.2) is 6.61 Å². The average molecular weight is 722 g/mol. The normalized spacial score (nSPS) is 14.2. The molecular formula is C37H38F3N5O5S. The Morgan fingerprint density at radius 1 is 0.902 bits per heavy atom. The number of rotatable bonds is 11. The number of ether oxygens (including phenoxy) is 2. The van der Waals surface area contributed by atoms with Gasteiger partial charge in [0.2, 0.25) is 5.88 Å². The number of fused-ring (bicyclic) bond motifs is 1. The highest BCUT2D eigenvalue weighted by Crippen LogP contribution is 2.29. The van der Waals surface area contributed by atoms with Crippen LogP contribution in [0.5, 0.6) is 17.4 Å². The Labute approximate surface area is 294 Å². The number of carbonyl (C=O) groups excluding carboxylic acids is 1. The summed E-state index contributed by atoms with van der Waals surface area (Å²) >= 11 is 0. The van der Waals surface area contributed by atoms with E-state index >= 15 is 0 Å². The lowest BCUT2D eigenvalue weighted by Crippen LogP contribution is -2.48. The molecule has 3 heterocycles. The maximum Gasteiger partial charge on any atom is 0.422 e. The summed E-state index contributed by atoms with van der Waals surface area (Å²) in [4.78, 5) is 22.0. The van der Waals surface area contributed by atoms with E-state index in [0.717, 1.165) is 22.0 Å². The highest BCUT2D eigenvalue weighted by atomic mass is 32.2. The number of carbonyl (C=O) groups is 1. The van der Waals surface area contributed by atoms with E-state index in [4.69, 9.17) is 9.47 Å². The first kappa shape index (κ1) is 35.7. The number of benzene rings is 3. The highest BCUT2D eigenvalue weighted by Gasteiger charge is 2.28. The zero-order valence-electron chi connectivity index (χ0n) is 28.4. The first-order valence-corrected chi connectivity index (χ1v) is 17.9. The van der Waals surface area contributed by atoms with Gasteiger partial charge in [0.25, 0.3) is 15.9 Å². The summed E-state index contributed by atoms with van der Waals surface area (Å²) in [6.45, 7) is 5.73. The number of hydrogen-bond donors (Lipinski definition) is 1. The van der Waals surface area contributed by atoms with Gasteiger partial charge in [-0.2, -0.15) is 13.2 Å². The molecule has 51 heavy (non-hydrogen) atoms. The lowest BCUT2D eigenvalue weighted by Gasteiger charge is -2.34. The van der Waals surface area contributed by atoms with Crippen LogP contribution in [-0.2, 0) is 23.6 Å². The minimum absolute atomic E-state index is 0.0856. The molecule has 0 unspecified atom stereocenters. The Balaban J connectivity index is 1.04. The number of hydrogen-bond acceptors (Lipinski definition) is 7. The largest absolute Gasteiger partial charge is 0.484 e. The minimum Gasteiger partial charge on any atom is -0.484 e. The van der Waals surface area contributed by atoms with Crippen molar-refractivity contribution >= 4 is 32.5 Å². The van der Waals surface area contributed by atoms with Crippen LogP contribution in [0.2, 0.25) is 0 Å². The van der Waals surface area contributed by atoms with Crippen LogP contribution in [0.25, 0.3) is 10.9 Å². The van der Waals surface area contributed by atoms with Gasteiger partial charge < -0.3 is 18.9 Å². The monoisotopic (exact) mass is 721 g/mol. The molecule has 1 aliphatic rings. The standard InChI is InChI=1S/C37H38F3N5O5S/c1-25(2)27-7-13-32(14-8-27)51(47,48)42-29-9-15-35(41-22-29)50-31-12-6-28-20-34(43(3)33(28)21-31)36(46)45-18-16-44(17-19-45)23-26-4-10-30(11-5-26)49-24-37(38,39)40/h4-15,20-22,25,42H,16-19,23-24H2,1-3H3. The molecule has 1 amide bonds. The fraction of sp³-hybridized carbons (Fsp3) is 0.297. The van der Waals surface area contributed by atoms with Crippen molar-refractivity contribution in [2.75, 3.05) is 37.5 Å². The molecule has 0 aliphatic carbocycles. The van der Waals surface area contributed by atoms with Crippen molar-refractivity contribution in [3.05, 3.63) is 108 Å². The van der Waals surface area contributed by atoms with Gasteiger partial charge in [0.1, 0.15) is 17.2 Å². The van der Waals surface area contributed by atoms with Crippen LogP contribution in [0.4, 0.5) is 18.9 Å². The number of anilines is 1. The zero-order valence-corrected chi connectivity index (χ0v) is 29.2. The van der Waals surface area contributed by atoms with Crippen molar-refractivity contribution in [2.45, 2.75) is 37.4 Å². The number of sulfonamides is 1. The number of nitrogens with zero attached hydrogens (tertiary/aromatic N) is 4. The Bertz CT molecular complexity index is 2090. The molecule has 0 radical (unpaired) electrons. The van der Waals surface area contributed by atoms with Gasteiger partial charge in [-0.1, -0.05) is 38.1 Å². The minimum atomic E-state index is -4.39. The van der Waals surface area contributed by atoms with E-state index in [0.29, 0.717) is 55.8 Å². The number of halogens is 3. The van der Waals surface area contributed by atoms with Crippen LogP contribution < -0.4 is 14.2 Å². The summed E-state index contributed by atoms with van der Waals surface area (Å²) in [6, 6.07) is 23.8. The number of pyridine rings is 1. The molecule has 0 saturated carbocycles. The number of alkyl halides is 3. The molecule has 14 heteroatoms. The maximum atomic E-state index is 13.6. The Kier molecular flexibility index (Phi) is 10.3. The first-order valence-electron chi connectivity index (χ1n) is 16.4. The van der Waals surface area contributed by atoms with Crippen LogP contribution in [0.1, 0.15) is 41.4 Å².